The van der Waals surface area contributed by atoms with E-state index in [0.29, 0.717) is 5.69 Å². The van der Waals surface area contributed by atoms with E-state index >= 15 is 0 Å². The molecule has 22 heavy (non-hydrogen) atoms. The van der Waals surface area contributed by atoms with Gasteiger partial charge in [-0.3, -0.25) is 4.79 Å². The van der Waals surface area contributed by atoms with Crippen LogP contribution in [0.25, 0.3) is 22.2 Å². The monoisotopic (exact) mass is 296 g/mol. The number of aromatic amines is 1. The lowest BCUT2D eigenvalue weighted by atomic mass is 10.0. The first kappa shape index (κ1) is 14.2. The molecule has 5 N–H and O–H groups in total. The minimum Gasteiger partial charge on any atom is -0.394 e. The Morgan fingerprint density at radius 1 is 1.27 bits per heavy atom. The molecule has 0 fully saturated rings. The Bertz CT molecular complexity index is 795. The molecule has 0 spiro atoms. The number of aliphatic hydroxyl groups excluding tert-OH is 1. The Hall–Kier alpha value is -2.70. The van der Waals surface area contributed by atoms with Crippen LogP contribution in [0.15, 0.2) is 48.8 Å². The molecule has 0 radical (unpaired) electrons. The van der Waals surface area contributed by atoms with Crippen LogP contribution in [0.4, 0.5) is 5.69 Å². The van der Waals surface area contributed by atoms with Gasteiger partial charge in [-0.1, -0.05) is 12.1 Å². The van der Waals surface area contributed by atoms with Crippen molar-refractivity contribution in [2.75, 3.05) is 11.9 Å². The Labute approximate surface area is 127 Å². The van der Waals surface area contributed by atoms with E-state index in [1.165, 1.54) is 0 Å². The van der Waals surface area contributed by atoms with Gasteiger partial charge in [-0.05, 0) is 35.4 Å². The largest absolute Gasteiger partial charge is 0.394 e. The van der Waals surface area contributed by atoms with Crippen LogP contribution in [0.3, 0.4) is 0 Å². The molecule has 6 nitrogen and oxygen atoms in total. The van der Waals surface area contributed by atoms with Crippen LogP contribution in [0, 0.1) is 0 Å². The maximum absolute atomic E-state index is 11.6. The van der Waals surface area contributed by atoms with E-state index in [-0.39, 0.29) is 6.61 Å². The van der Waals surface area contributed by atoms with Gasteiger partial charge in [0.05, 0.1) is 6.61 Å². The number of hydrogen-bond donors (Lipinski definition) is 4. The number of aliphatic hydroxyl groups is 1. The minimum absolute atomic E-state index is 0.383. The summed E-state index contributed by atoms with van der Waals surface area (Å²) >= 11 is 0. The van der Waals surface area contributed by atoms with Crippen molar-refractivity contribution in [2.24, 2.45) is 5.73 Å². The number of nitrogens with zero attached hydrogens (tertiary/aromatic N) is 1. The molecule has 0 aliphatic rings. The highest BCUT2D eigenvalue weighted by molar-refractivity contribution is 5.96. The number of H-pyrrole nitrogens is 1. The zero-order valence-corrected chi connectivity index (χ0v) is 11.8. The van der Waals surface area contributed by atoms with Gasteiger partial charge >= 0.3 is 0 Å². The second-order valence-corrected chi connectivity index (χ2v) is 4.95. The van der Waals surface area contributed by atoms with Crippen molar-refractivity contribution in [1.82, 2.24) is 9.97 Å². The van der Waals surface area contributed by atoms with Crippen LogP contribution in [-0.2, 0) is 4.79 Å². The van der Waals surface area contributed by atoms with Crippen molar-refractivity contribution in [3.63, 3.8) is 0 Å². The highest BCUT2D eigenvalue weighted by atomic mass is 16.3. The fourth-order valence-corrected chi connectivity index (χ4v) is 2.26. The van der Waals surface area contributed by atoms with E-state index in [2.05, 4.69) is 15.3 Å². The maximum Gasteiger partial charge on any atom is 0.243 e. The predicted octanol–water partition coefficient (Wildman–Crippen LogP) is 1.49. The summed E-state index contributed by atoms with van der Waals surface area (Å²) in [5.41, 5.74) is 9.03. The standard InChI is InChI=1S/C16H16N4O2/c17-14(9-21)16(22)20-11-3-1-10(2-4-11)12-5-7-18-15-13(12)6-8-19-15/h1-8,14,21H,9,17H2,(H,18,19)(H,20,22)/t14-/m1/s1. The molecule has 0 aliphatic carbocycles. The summed E-state index contributed by atoms with van der Waals surface area (Å²) in [7, 11) is 0. The summed E-state index contributed by atoms with van der Waals surface area (Å²) in [6.45, 7) is -0.383. The summed E-state index contributed by atoms with van der Waals surface area (Å²) in [4.78, 5) is 19.0. The lowest BCUT2D eigenvalue weighted by Gasteiger charge is -2.10. The summed E-state index contributed by atoms with van der Waals surface area (Å²) < 4.78 is 0. The van der Waals surface area contributed by atoms with Crippen LogP contribution < -0.4 is 11.1 Å². The summed E-state index contributed by atoms with van der Waals surface area (Å²) in [5.74, 6) is -0.410. The molecule has 3 aromatic rings. The Morgan fingerprint density at radius 3 is 2.77 bits per heavy atom. The Balaban J connectivity index is 1.85. The van der Waals surface area contributed by atoms with Crippen LogP contribution in [0.5, 0.6) is 0 Å². The topological polar surface area (TPSA) is 104 Å². The first-order valence-electron chi connectivity index (χ1n) is 6.89. The summed E-state index contributed by atoms with van der Waals surface area (Å²) in [5, 5.41) is 12.6. The third-order valence-electron chi connectivity index (χ3n) is 3.46. The predicted molar refractivity (Wildman–Crippen MR) is 85.2 cm³/mol. The van der Waals surface area contributed by atoms with Crippen molar-refractivity contribution in [2.45, 2.75) is 6.04 Å². The van der Waals surface area contributed by atoms with Gasteiger partial charge in [0.25, 0.3) is 0 Å². The van der Waals surface area contributed by atoms with Gasteiger partial charge in [-0.15, -0.1) is 0 Å². The molecule has 2 aromatic heterocycles. The van der Waals surface area contributed by atoms with Gasteiger partial charge in [0.15, 0.2) is 0 Å². The van der Waals surface area contributed by atoms with Crippen LogP contribution in [0.2, 0.25) is 0 Å². The van der Waals surface area contributed by atoms with Crippen molar-refractivity contribution in [3.8, 4) is 11.1 Å². The smallest absolute Gasteiger partial charge is 0.243 e. The molecule has 6 heteroatoms. The normalized spacial score (nSPS) is 12.3. The average Bonchev–Trinajstić information content (AvgIpc) is 3.03. The molecule has 1 atom stereocenters. The molecular formula is C16H16N4O2. The number of amides is 1. The number of benzene rings is 1. The number of anilines is 1. The third-order valence-corrected chi connectivity index (χ3v) is 3.46. The van der Waals surface area contributed by atoms with Crippen molar-refractivity contribution < 1.29 is 9.90 Å². The molecule has 112 valence electrons. The van der Waals surface area contributed by atoms with E-state index in [9.17, 15) is 4.79 Å². The number of carbonyl (C=O) groups excluding carboxylic acids is 1. The molecule has 0 unspecified atom stereocenters. The number of hydrogen-bond acceptors (Lipinski definition) is 4. The second kappa shape index (κ2) is 5.97. The molecule has 3 rings (SSSR count). The minimum atomic E-state index is -0.917. The maximum atomic E-state index is 11.6. The van der Waals surface area contributed by atoms with Crippen LogP contribution >= 0.6 is 0 Å². The molecular weight excluding hydrogens is 280 g/mol. The van der Waals surface area contributed by atoms with Crippen LogP contribution in [-0.4, -0.2) is 33.6 Å². The zero-order valence-electron chi connectivity index (χ0n) is 11.8. The lowest BCUT2D eigenvalue weighted by molar-refractivity contribution is -0.118. The molecule has 0 saturated carbocycles. The summed E-state index contributed by atoms with van der Waals surface area (Å²) in [6.07, 6.45) is 3.61. The van der Waals surface area contributed by atoms with Gasteiger partial charge < -0.3 is 21.1 Å². The average molecular weight is 296 g/mol. The molecule has 1 aromatic carbocycles. The van der Waals surface area contributed by atoms with Crippen molar-refractivity contribution in [1.29, 1.82) is 0 Å². The Morgan fingerprint density at radius 2 is 2.05 bits per heavy atom. The molecule has 0 aliphatic heterocycles. The van der Waals surface area contributed by atoms with Crippen molar-refractivity contribution in [3.05, 3.63) is 48.8 Å². The number of nitrogens with two attached hydrogens (primary N) is 1. The molecule has 0 bridgehead atoms. The SMILES string of the molecule is N[C@H](CO)C(=O)Nc1ccc(-c2ccnc3[nH]ccc23)cc1. The van der Waals surface area contributed by atoms with Gasteiger partial charge in [0, 0.05) is 23.5 Å². The number of pyridine rings is 1. The number of nitrogens with one attached hydrogen (secondary N) is 2. The number of aromatic nitrogens is 2. The van der Waals surface area contributed by atoms with E-state index in [4.69, 9.17) is 10.8 Å². The van der Waals surface area contributed by atoms with Gasteiger partial charge in [0.1, 0.15) is 11.7 Å². The van der Waals surface area contributed by atoms with E-state index in [1.807, 2.05) is 30.5 Å². The quantitative estimate of drug-likeness (QED) is 0.585. The second-order valence-electron chi connectivity index (χ2n) is 4.95. The summed E-state index contributed by atoms with van der Waals surface area (Å²) in [6, 6.07) is 10.5. The Kier molecular flexibility index (Phi) is 3.86. The molecule has 2 heterocycles. The van der Waals surface area contributed by atoms with Gasteiger partial charge in [-0.25, -0.2) is 4.98 Å². The fourth-order valence-electron chi connectivity index (χ4n) is 2.26. The molecule has 1 amide bonds. The van der Waals surface area contributed by atoms with E-state index < -0.39 is 11.9 Å². The first-order chi connectivity index (χ1) is 10.7. The van der Waals surface area contributed by atoms with Crippen LogP contribution in [0.1, 0.15) is 0 Å². The lowest BCUT2D eigenvalue weighted by Crippen LogP contribution is -2.38. The first-order valence-corrected chi connectivity index (χ1v) is 6.89. The van der Waals surface area contributed by atoms with E-state index in [0.717, 1.165) is 22.2 Å². The fraction of sp³-hybridized carbons (Fsp3) is 0.125. The van der Waals surface area contributed by atoms with Gasteiger partial charge in [0.2, 0.25) is 5.91 Å². The highest BCUT2D eigenvalue weighted by Crippen LogP contribution is 2.27. The highest BCUT2D eigenvalue weighted by Gasteiger charge is 2.12. The number of carbonyl (C=O) groups is 1. The number of rotatable bonds is 4. The van der Waals surface area contributed by atoms with E-state index in [1.54, 1.807) is 18.3 Å². The number of fused-ring (bicyclic) bond motifs is 1. The third kappa shape index (κ3) is 2.69. The van der Waals surface area contributed by atoms with Gasteiger partial charge in [-0.2, -0.15) is 0 Å². The molecule has 0 saturated heterocycles. The van der Waals surface area contributed by atoms with Crippen molar-refractivity contribution >= 4 is 22.6 Å². The zero-order chi connectivity index (χ0) is 15.5.